The fourth-order valence-electron chi connectivity index (χ4n) is 3.53. The number of ether oxygens (including phenoxy) is 4. The van der Waals surface area contributed by atoms with Crippen molar-refractivity contribution < 1.29 is 18.9 Å². The molecule has 8 nitrogen and oxygen atoms in total. The number of aryl methyl sites for hydroxylation is 1. The van der Waals surface area contributed by atoms with E-state index in [4.69, 9.17) is 28.9 Å². The van der Waals surface area contributed by atoms with E-state index in [2.05, 4.69) is 16.8 Å². The second kappa shape index (κ2) is 8.91. The number of rotatable bonds is 6. The van der Waals surface area contributed by atoms with E-state index in [0.717, 1.165) is 36.2 Å². The number of hydrogen-bond donors (Lipinski definition) is 0. The fraction of sp³-hybridized carbons (Fsp3) is 0.778. The summed E-state index contributed by atoms with van der Waals surface area (Å²) in [7, 11) is 4.09. The molecule has 0 amide bonds. The minimum atomic E-state index is 0.0592. The van der Waals surface area contributed by atoms with E-state index in [-0.39, 0.29) is 12.2 Å². The Labute approximate surface area is 164 Å². The SMILES string of the molecule is CN(CC1COCCO1)c1nc2c(c(N(C)CC3COCCO3)n1)SCC2. The molecule has 0 N–H and O–H groups in total. The molecule has 2 atom stereocenters. The predicted octanol–water partition coefficient (Wildman–Crippen LogP) is 0.828. The Morgan fingerprint density at radius 3 is 2.22 bits per heavy atom. The summed E-state index contributed by atoms with van der Waals surface area (Å²) in [5.74, 6) is 2.79. The van der Waals surface area contributed by atoms with Crippen LogP contribution in [-0.4, -0.2) is 94.8 Å². The van der Waals surface area contributed by atoms with Crippen LogP contribution in [0.15, 0.2) is 4.90 Å². The molecule has 1 aromatic rings. The lowest BCUT2D eigenvalue weighted by Crippen LogP contribution is -2.40. The Morgan fingerprint density at radius 1 is 0.926 bits per heavy atom. The first-order valence-corrected chi connectivity index (χ1v) is 10.5. The van der Waals surface area contributed by atoms with Crippen LogP contribution in [0.5, 0.6) is 0 Å². The van der Waals surface area contributed by atoms with Crippen LogP contribution in [0.1, 0.15) is 5.69 Å². The highest BCUT2D eigenvalue weighted by molar-refractivity contribution is 7.99. The summed E-state index contributed by atoms with van der Waals surface area (Å²) in [5, 5.41) is 0. The highest BCUT2D eigenvalue weighted by atomic mass is 32.2. The molecule has 0 spiro atoms. The van der Waals surface area contributed by atoms with Crippen molar-refractivity contribution in [1.29, 1.82) is 0 Å². The van der Waals surface area contributed by atoms with E-state index < -0.39 is 0 Å². The van der Waals surface area contributed by atoms with Crippen LogP contribution < -0.4 is 9.80 Å². The zero-order valence-corrected chi connectivity index (χ0v) is 16.9. The average molecular weight is 397 g/mol. The lowest BCUT2D eigenvalue weighted by atomic mass is 10.3. The smallest absolute Gasteiger partial charge is 0.227 e. The molecule has 3 aliphatic rings. The van der Waals surface area contributed by atoms with Crippen LogP contribution in [0.4, 0.5) is 11.8 Å². The molecule has 3 aliphatic heterocycles. The van der Waals surface area contributed by atoms with E-state index >= 15 is 0 Å². The summed E-state index contributed by atoms with van der Waals surface area (Å²) in [5.41, 5.74) is 1.14. The van der Waals surface area contributed by atoms with Crippen LogP contribution in [0.3, 0.4) is 0 Å². The molecule has 2 fully saturated rings. The Morgan fingerprint density at radius 2 is 1.59 bits per heavy atom. The van der Waals surface area contributed by atoms with Crippen LogP contribution in [0, 0.1) is 0 Å². The van der Waals surface area contributed by atoms with E-state index in [1.807, 2.05) is 18.8 Å². The third-order valence-electron chi connectivity index (χ3n) is 4.92. The van der Waals surface area contributed by atoms with Gasteiger partial charge in [-0.05, 0) is 0 Å². The summed E-state index contributed by atoms with van der Waals surface area (Å²) in [4.78, 5) is 15.2. The van der Waals surface area contributed by atoms with Gasteiger partial charge >= 0.3 is 0 Å². The van der Waals surface area contributed by atoms with Gasteiger partial charge < -0.3 is 28.7 Å². The van der Waals surface area contributed by atoms with Gasteiger partial charge in [0.05, 0.1) is 62.4 Å². The van der Waals surface area contributed by atoms with E-state index in [1.165, 1.54) is 4.90 Å². The minimum absolute atomic E-state index is 0.0592. The van der Waals surface area contributed by atoms with Crippen molar-refractivity contribution in [2.45, 2.75) is 23.5 Å². The Balaban J connectivity index is 1.50. The molecule has 0 radical (unpaired) electrons. The highest BCUT2D eigenvalue weighted by Crippen LogP contribution is 2.38. The number of thioether (sulfide) groups is 1. The van der Waals surface area contributed by atoms with E-state index in [9.17, 15) is 0 Å². The summed E-state index contributed by atoms with van der Waals surface area (Å²) in [6.45, 7) is 5.40. The van der Waals surface area contributed by atoms with Crippen molar-refractivity contribution in [3.63, 3.8) is 0 Å². The van der Waals surface area contributed by atoms with Crippen molar-refractivity contribution in [2.24, 2.45) is 0 Å². The quantitative estimate of drug-likeness (QED) is 0.695. The maximum atomic E-state index is 5.81. The van der Waals surface area contributed by atoms with Gasteiger partial charge in [-0.15, -0.1) is 11.8 Å². The van der Waals surface area contributed by atoms with Gasteiger partial charge in [-0.1, -0.05) is 0 Å². The van der Waals surface area contributed by atoms with Crippen molar-refractivity contribution in [3.8, 4) is 0 Å². The zero-order chi connectivity index (χ0) is 18.6. The maximum Gasteiger partial charge on any atom is 0.227 e. The van der Waals surface area contributed by atoms with Gasteiger partial charge in [0.15, 0.2) is 0 Å². The number of aromatic nitrogens is 2. The van der Waals surface area contributed by atoms with E-state index in [0.29, 0.717) is 46.2 Å². The highest BCUT2D eigenvalue weighted by Gasteiger charge is 2.26. The topological polar surface area (TPSA) is 69.2 Å². The minimum Gasteiger partial charge on any atom is -0.376 e. The van der Waals surface area contributed by atoms with Crippen LogP contribution in [-0.2, 0) is 25.4 Å². The monoisotopic (exact) mass is 396 g/mol. The van der Waals surface area contributed by atoms with Crippen molar-refractivity contribution in [3.05, 3.63) is 5.69 Å². The van der Waals surface area contributed by atoms with Crippen molar-refractivity contribution in [2.75, 3.05) is 82.4 Å². The number of hydrogen-bond acceptors (Lipinski definition) is 9. The van der Waals surface area contributed by atoms with Gasteiger partial charge in [0.25, 0.3) is 0 Å². The third-order valence-corrected chi connectivity index (χ3v) is 6.03. The van der Waals surface area contributed by atoms with Crippen LogP contribution in [0.2, 0.25) is 0 Å². The second-order valence-electron chi connectivity index (χ2n) is 7.12. The van der Waals surface area contributed by atoms with Gasteiger partial charge in [0, 0.05) is 39.4 Å². The van der Waals surface area contributed by atoms with Crippen molar-refractivity contribution in [1.82, 2.24) is 9.97 Å². The Kier molecular flexibility index (Phi) is 6.34. The second-order valence-corrected chi connectivity index (χ2v) is 8.22. The molecule has 150 valence electrons. The number of likely N-dealkylation sites (N-methyl/N-ethyl adjacent to an activating group) is 2. The first kappa shape index (κ1) is 19.2. The van der Waals surface area contributed by atoms with Gasteiger partial charge in [0.1, 0.15) is 5.82 Å². The maximum absolute atomic E-state index is 5.81. The van der Waals surface area contributed by atoms with E-state index in [1.54, 1.807) is 0 Å². The normalized spacial score (nSPS) is 25.3. The summed E-state index contributed by atoms with van der Waals surface area (Å²) >= 11 is 1.84. The molecule has 9 heteroatoms. The Bertz CT molecular complexity index is 638. The predicted molar refractivity (Wildman–Crippen MR) is 104 cm³/mol. The zero-order valence-electron chi connectivity index (χ0n) is 16.1. The van der Waals surface area contributed by atoms with Gasteiger partial charge in [-0.2, -0.15) is 4.98 Å². The molecule has 0 aliphatic carbocycles. The van der Waals surface area contributed by atoms with Gasteiger partial charge in [-0.3, -0.25) is 0 Å². The van der Waals surface area contributed by atoms with Crippen molar-refractivity contribution >= 4 is 23.5 Å². The summed E-state index contributed by atoms with van der Waals surface area (Å²) in [6, 6.07) is 0. The van der Waals surface area contributed by atoms with Crippen LogP contribution in [0.25, 0.3) is 0 Å². The Hall–Kier alpha value is -1.13. The first-order chi connectivity index (χ1) is 13.2. The summed E-state index contributed by atoms with van der Waals surface area (Å²) < 4.78 is 22.6. The molecule has 4 rings (SSSR count). The lowest BCUT2D eigenvalue weighted by Gasteiger charge is -2.30. The van der Waals surface area contributed by atoms with Gasteiger partial charge in [0.2, 0.25) is 5.95 Å². The average Bonchev–Trinajstić information content (AvgIpc) is 3.17. The summed E-state index contributed by atoms with van der Waals surface area (Å²) in [6.07, 6.45) is 1.12. The third kappa shape index (κ3) is 4.65. The molecule has 4 heterocycles. The molecule has 0 aromatic carbocycles. The number of anilines is 2. The number of nitrogens with zero attached hydrogens (tertiary/aromatic N) is 4. The molecular formula is C18H28N4O4S. The van der Waals surface area contributed by atoms with Gasteiger partial charge in [-0.25, -0.2) is 4.98 Å². The molecular weight excluding hydrogens is 368 g/mol. The molecule has 0 saturated carbocycles. The lowest BCUT2D eigenvalue weighted by molar-refractivity contribution is -0.0838. The van der Waals surface area contributed by atoms with Crippen LogP contribution >= 0.6 is 11.8 Å². The molecule has 0 bridgehead atoms. The fourth-order valence-corrected chi connectivity index (χ4v) is 4.67. The largest absolute Gasteiger partial charge is 0.376 e. The molecule has 2 unspecified atom stereocenters. The molecule has 2 saturated heterocycles. The standard InChI is InChI=1S/C18H28N4O4S/c1-21(9-13-11-23-4-6-25-13)17-16-15(3-8-27-16)19-18(20-17)22(2)10-14-12-24-5-7-26-14/h13-14H,3-12H2,1-2H3. The first-order valence-electron chi connectivity index (χ1n) is 9.55. The molecule has 27 heavy (non-hydrogen) atoms. The molecule has 1 aromatic heterocycles. The number of fused-ring (bicyclic) bond motifs is 1.